The summed E-state index contributed by atoms with van der Waals surface area (Å²) in [6.07, 6.45) is 6.07. The van der Waals surface area contributed by atoms with Crippen LogP contribution in [-0.2, 0) is 35.2 Å². The lowest BCUT2D eigenvalue weighted by Gasteiger charge is -2.16. The van der Waals surface area contributed by atoms with Gasteiger partial charge in [0.2, 0.25) is 0 Å². The Kier molecular flexibility index (Phi) is 5.02. The minimum atomic E-state index is -0.452. The number of carbonyl (C=O) groups excluding carboxylic acids is 2. The maximum absolute atomic E-state index is 12.3. The molecule has 27 heavy (non-hydrogen) atoms. The van der Waals surface area contributed by atoms with Crippen LogP contribution in [0.1, 0.15) is 55.9 Å². The van der Waals surface area contributed by atoms with E-state index >= 15 is 0 Å². The largest absolute Gasteiger partial charge is 0.451 e. The van der Waals surface area contributed by atoms with E-state index in [1.54, 1.807) is 0 Å². The molecule has 7 heteroatoms. The van der Waals surface area contributed by atoms with E-state index < -0.39 is 11.9 Å². The molecule has 2 heterocycles. The van der Waals surface area contributed by atoms with E-state index in [2.05, 4.69) is 18.3 Å². The first kappa shape index (κ1) is 18.2. The average Bonchev–Trinajstić information content (AvgIpc) is 3.33. The molecule has 2 aliphatic rings. The zero-order valence-electron chi connectivity index (χ0n) is 15.1. The minimum absolute atomic E-state index is 0.342. The fourth-order valence-corrected chi connectivity index (χ4v) is 6.14. The van der Waals surface area contributed by atoms with Gasteiger partial charge in [-0.25, -0.2) is 4.79 Å². The molecule has 0 fully saturated rings. The molecule has 0 aliphatic heterocycles. The molecular formula is C20H20N2O3S2. The van der Waals surface area contributed by atoms with Gasteiger partial charge in [0, 0.05) is 9.75 Å². The molecule has 0 bridgehead atoms. The lowest BCUT2D eigenvalue weighted by atomic mass is 9.90. The van der Waals surface area contributed by atoms with Gasteiger partial charge in [-0.1, -0.05) is 6.92 Å². The van der Waals surface area contributed by atoms with E-state index in [0.29, 0.717) is 21.4 Å². The molecule has 1 amide bonds. The average molecular weight is 401 g/mol. The summed E-state index contributed by atoms with van der Waals surface area (Å²) >= 11 is 2.93. The fourth-order valence-electron chi connectivity index (χ4n) is 3.78. The summed E-state index contributed by atoms with van der Waals surface area (Å²) in [6.45, 7) is 1.88. The van der Waals surface area contributed by atoms with Crippen LogP contribution in [-0.4, -0.2) is 18.5 Å². The quantitative estimate of drug-likeness (QED) is 0.784. The van der Waals surface area contributed by atoms with Crippen molar-refractivity contribution in [1.29, 1.82) is 5.26 Å². The van der Waals surface area contributed by atoms with Crippen molar-refractivity contribution >= 4 is 39.6 Å². The monoisotopic (exact) mass is 400 g/mol. The van der Waals surface area contributed by atoms with Crippen molar-refractivity contribution in [3.8, 4) is 6.07 Å². The van der Waals surface area contributed by atoms with Gasteiger partial charge in [0.05, 0.1) is 5.56 Å². The number of fused-ring (bicyclic) bond motifs is 2. The van der Waals surface area contributed by atoms with E-state index in [9.17, 15) is 14.9 Å². The molecule has 0 aromatic carbocycles. The van der Waals surface area contributed by atoms with E-state index in [1.165, 1.54) is 38.0 Å². The van der Waals surface area contributed by atoms with Gasteiger partial charge in [-0.05, 0) is 61.6 Å². The molecule has 1 atom stereocenters. The Morgan fingerprint density at radius 3 is 2.96 bits per heavy atom. The van der Waals surface area contributed by atoms with Crippen LogP contribution in [0.4, 0.5) is 5.00 Å². The molecule has 2 aliphatic carbocycles. The SMILES string of the molecule is C[C@@H]1CCc2sc(C(=O)OCC(=O)Nc3sc4c(c3C#N)CCC4)cc2C1. The second-order valence-electron chi connectivity index (χ2n) is 7.20. The van der Waals surface area contributed by atoms with Crippen LogP contribution in [0.2, 0.25) is 0 Å². The van der Waals surface area contributed by atoms with Crippen molar-refractivity contribution < 1.29 is 14.3 Å². The standard InChI is InChI=1S/C20H20N2O3S2/c1-11-5-6-15-12(7-11)8-17(26-15)20(24)25-10-18(23)22-19-14(9-21)13-3-2-4-16(13)27-19/h8,11H,2-7,10H2,1H3,(H,22,23)/t11-/m1/s1. The summed E-state index contributed by atoms with van der Waals surface area (Å²) in [6, 6.07) is 4.10. The van der Waals surface area contributed by atoms with Crippen molar-refractivity contribution in [3.05, 3.63) is 37.4 Å². The number of esters is 1. The number of nitriles is 1. The second-order valence-corrected chi connectivity index (χ2v) is 9.45. The molecule has 4 rings (SSSR count). The number of ether oxygens (including phenoxy) is 1. The van der Waals surface area contributed by atoms with E-state index in [-0.39, 0.29) is 6.61 Å². The molecule has 140 valence electrons. The van der Waals surface area contributed by atoms with Crippen LogP contribution >= 0.6 is 22.7 Å². The van der Waals surface area contributed by atoms with E-state index in [1.807, 2.05) is 6.07 Å². The zero-order chi connectivity index (χ0) is 19.0. The smallest absolute Gasteiger partial charge is 0.348 e. The molecule has 0 unspecified atom stereocenters. The van der Waals surface area contributed by atoms with Crippen LogP contribution in [0.5, 0.6) is 0 Å². The van der Waals surface area contributed by atoms with Crippen LogP contribution in [0, 0.1) is 17.2 Å². The Labute approximate surface area is 166 Å². The summed E-state index contributed by atoms with van der Waals surface area (Å²) < 4.78 is 5.20. The molecule has 0 spiro atoms. The molecule has 1 N–H and O–H groups in total. The fraction of sp³-hybridized carbons (Fsp3) is 0.450. The van der Waals surface area contributed by atoms with Crippen LogP contribution in [0.25, 0.3) is 0 Å². The predicted molar refractivity (Wildman–Crippen MR) is 105 cm³/mol. The van der Waals surface area contributed by atoms with Crippen molar-refractivity contribution in [2.45, 2.75) is 45.4 Å². The highest BCUT2D eigenvalue weighted by Crippen LogP contribution is 2.38. The van der Waals surface area contributed by atoms with E-state index in [4.69, 9.17) is 4.74 Å². The lowest BCUT2D eigenvalue weighted by Crippen LogP contribution is -2.20. The first-order valence-electron chi connectivity index (χ1n) is 9.18. The Morgan fingerprint density at radius 1 is 1.30 bits per heavy atom. The zero-order valence-corrected chi connectivity index (χ0v) is 16.7. The van der Waals surface area contributed by atoms with Crippen molar-refractivity contribution in [2.75, 3.05) is 11.9 Å². The third-order valence-electron chi connectivity index (χ3n) is 5.15. The highest BCUT2D eigenvalue weighted by Gasteiger charge is 2.24. The van der Waals surface area contributed by atoms with Gasteiger partial charge < -0.3 is 10.1 Å². The minimum Gasteiger partial charge on any atom is -0.451 e. The van der Waals surface area contributed by atoms with Crippen molar-refractivity contribution in [1.82, 2.24) is 0 Å². The summed E-state index contributed by atoms with van der Waals surface area (Å²) in [5.74, 6) is -0.218. The van der Waals surface area contributed by atoms with Gasteiger partial charge in [0.1, 0.15) is 15.9 Å². The maximum Gasteiger partial charge on any atom is 0.348 e. The Morgan fingerprint density at radius 2 is 2.15 bits per heavy atom. The Hall–Kier alpha value is -2.17. The third kappa shape index (κ3) is 3.64. The molecular weight excluding hydrogens is 380 g/mol. The molecule has 2 aromatic rings. The number of nitrogens with one attached hydrogen (secondary N) is 1. The molecule has 0 saturated heterocycles. The highest BCUT2D eigenvalue weighted by molar-refractivity contribution is 7.16. The predicted octanol–water partition coefficient (Wildman–Crippen LogP) is 4.09. The Bertz CT molecular complexity index is 951. The van der Waals surface area contributed by atoms with Crippen LogP contribution in [0.3, 0.4) is 0 Å². The number of amides is 1. The number of rotatable bonds is 4. The number of anilines is 1. The first-order chi connectivity index (χ1) is 13.0. The van der Waals surface area contributed by atoms with Gasteiger partial charge >= 0.3 is 5.97 Å². The van der Waals surface area contributed by atoms with Gasteiger partial charge in [-0.15, -0.1) is 22.7 Å². The summed E-state index contributed by atoms with van der Waals surface area (Å²) in [5.41, 5.74) is 2.86. The molecule has 5 nitrogen and oxygen atoms in total. The normalized spacial score (nSPS) is 17.7. The first-order valence-corrected chi connectivity index (χ1v) is 10.8. The summed E-state index contributed by atoms with van der Waals surface area (Å²) in [5, 5.41) is 12.7. The molecule has 2 aromatic heterocycles. The van der Waals surface area contributed by atoms with Gasteiger partial charge in [-0.2, -0.15) is 5.26 Å². The topological polar surface area (TPSA) is 79.2 Å². The number of thiophene rings is 2. The van der Waals surface area contributed by atoms with Gasteiger partial charge in [0.25, 0.3) is 5.91 Å². The number of hydrogen-bond donors (Lipinski definition) is 1. The van der Waals surface area contributed by atoms with Gasteiger partial charge in [-0.3, -0.25) is 4.79 Å². The summed E-state index contributed by atoms with van der Waals surface area (Å²) in [7, 11) is 0. The third-order valence-corrected chi connectivity index (χ3v) is 7.58. The highest BCUT2D eigenvalue weighted by atomic mass is 32.1. The molecule has 0 radical (unpaired) electrons. The number of nitrogens with zero attached hydrogens (tertiary/aromatic N) is 1. The number of carbonyl (C=O) groups is 2. The Balaban J connectivity index is 1.36. The number of hydrogen-bond acceptors (Lipinski definition) is 6. The van der Waals surface area contributed by atoms with E-state index in [0.717, 1.165) is 44.1 Å². The van der Waals surface area contributed by atoms with Crippen molar-refractivity contribution in [3.63, 3.8) is 0 Å². The van der Waals surface area contributed by atoms with Crippen LogP contribution in [0.15, 0.2) is 6.07 Å². The molecule has 0 saturated carbocycles. The second kappa shape index (κ2) is 7.45. The van der Waals surface area contributed by atoms with Crippen molar-refractivity contribution in [2.24, 2.45) is 5.92 Å². The van der Waals surface area contributed by atoms with Crippen LogP contribution < -0.4 is 5.32 Å². The van der Waals surface area contributed by atoms with Gasteiger partial charge in [0.15, 0.2) is 6.61 Å². The lowest BCUT2D eigenvalue weighted by molar-refractivity contribution is -0.119. The summed E-state index contributed by atoms with van der Waals surface area (Å²) in [4.78, 5) is 27.5. The number of aryl methyl sites for hydroxylation is 2. The maximum atomic E-state index is 12.3.